The maximum atomic E-state index is 11.7. The third-order valence-corrected chi connectivity index (χ3v) is 6.06. The highest BCUT2D eigenvalue weighted by atomic mass is 28.4. The Kier molecular flexibility index (Phi) is 11.6. The fourth-order valence-corrected chi connectivity index (χ4v) is 4.67. The van der Waals surface area contributed by atoms with Crippen molar-refractivity contribution in [2.75, 3.05) is 39.5 Å². The summed E-state index contributed by atoms with van der Waals surface area (Å²) in [6.07, 6.45) is 0.510. The van der Waals surface area contributed by atoms with Gasteiger partial charge in [0, 0.05) is 39.0 Å². The van der Waals surface area contributed by atoms with E-state index in [1.807, 2.05) is 34.6 Å². The smallest absolute Gasteiger partial charge is 0.450 e. The second-order valence-corrected chi connectivity index (χ2v) is 7.10. The van der Waals surface area contributed by atoms with Crippen molar-refractivity contribution in [2.24, 2.45) is 0 Å². The molecule has 0 aromatic rings. The van der Waals surface area contributed by atoms with Gasteiger partial charge in [-0.3, -0.25) is 0 Å². The van der Waals surface area contributed by atoms with Crippen LogP contribution < -0.4 is 0 Å². The summed E-state index contributed by atoms with van der Waals surface area (Å²) in [6, 6.07) is 0.707. The number of carbonyl (C=O) groups is 1. The predicted molar refractivity (Wildman–Crippen MR) is 84.3 cm³/mol. The van der Waals surface area contributed by atoms with Gasteiger partial charge in [0.25, 0.3) is 0 Å². The molecule has 6 nitrogen and oxygen atoms in total. The topological polar surface area (TPSA) is 57.2 Å². The first-order valence-corrected chi connectivity index (χ1v) is 9.85. The van der Waals surface area contributed by atoms with E-state index in [9.17, 15) is 4.79 Å². The molecule has 0 saturated carbocycles. The summed E-state index contributed by atoms with van der Waals surface area (Å²) in [5.74, 6) is 0. The summed E-state index contributed by atoms with van der Waals surface area (Å²) in [7, 11) is -2.61. The first-order chi connectivity index (χ1) is 10.1. The fourth-order valence-electron chi connectivity index (χ4n) is 2.08. The third-order valence-electron chi connectivity index (χ3n) is 2.91. The highest BCUT2D eigenvalue weighted by molar-refractivity contribution is 6.60. The second kappa shape index (κ2) is 12.0. The summed E-state index contributed by atoms with van der Waals surface area (Å²) in [5.41, 5.74) is 0. The molecular formula is C14H31NO5Si. The molecule has 0 spiro atoms. The van der Waals surface area contributed by atoms with Crippen molar-refractivity contribution in [1.29, 1.82) is 0 Å². The summed E-state index contributed by atoms with van der Waals surface area (Å²) in [4.78, 5) is 13.4. The Labute approximate surface area is 130 Å². The van der Waals surface area contributed by atoms with E-state index in [1.54, 1.807) is 4.90 Å². The Morgan fingerprint density at radius 3 is 1.81 bits per heavy atom. The molecule has 0 aliphatic rings. The van der Waals surface area contributed by atoms with Gasteiger partial charge in [-0.15, -0.1) is 0 Å². The van der Waals surface area contributed by atoms with Gasteiger partial charge in [0.2, 0.25) is 0 Å². The fraction of sp³-hybridized carbons (Fsp3) is 0.929. The van der Waals surface area contributed by atoms with Crippen LogP contribution in [0.1, 0.15) is 41.0 Å². The molecule has 0 rings (SSSR count). The van der Waals surface area contributed by atoms with Crippen LogP contribution >= 0.6 is 0 Å². The maximum absolute atomic E-state index is 11.7. The molecule has 0 aliphatic heterocycles. The van der Waals surface area contributed by atoms with E-state index in [1.165, 1.54) is 0 Å². The molecule has 0 radical (unpaired) electrons. The van der Waals surface area contributed by atoms with Crippen molar-refractivity contribution in [1.82, 2.24) is 4.90 Å². The molecule has 1 amide bonds. The number of rotatable bonds is 12. The Balaban J connectivity index is 4.47. The largest absolute Gasteiger partial charge is 0.500 e. The first kappa shape index (κ1) is 20.4. The Morgan fingerprint density at radius 2 is 1.43 bits per heavy atom. The minimum absolute atomic E-state index is 0.267. The summed E-state index contributed by atoms with van der Waals surface area (Å²) in [5, 5.41) is 0. The monoisotopic (exact) mass is 321 g/mol. The van der Waals surface area contributed by atoms with E-state index in [2.05, 4.69) is 0 Å². The summed E-state index contributed by atoms with van der Waals surface area (Å²) < 4.78 is 22.4. The van der Waals surface area contributed by atoms with Gasteiger partial charge in [-0.25, -0.2) is 4.79 Å². The first-order valence-electron chi connectivity index (χ1n) is 7.92. The quantitative estimate of drug-likeness (QED) is 0.517. The van der Waals surface area contributed by atoms with Gasteiger partial charge < -0.3 is 22.9 Å². The molecule has 0 aromatic heterocycles. The normalized spacial score (nSPS) is 11.5. The predicted octanol–water partition coefficient (Wildman–Crippen LogP) is 2.90. The second-order valence-electron chi connectivity index (χ2n) is 4.36. The van der Waals surface area contributed by atoms with Crippen LogP contribution in [0.15, 0.2) is 0 Å². The highest BCUT2D eigenvalue weighted by Gasteiger charge is 2.39. The zero-order valence-corrected chi connectivity index (χ0v) is 15.1. The van der Waals surface area contributed by atoms with Crippen molar-refractivity contribution in [3.05, 3.63) is 0 Å². The number of nitrogens with zero attached hydrogens (tertiary/aromatic N) is 1. The average Bonchev–Trinajstić information content (AvgIpc) is 2.44. The number of hydrogen-bond donors (Lipinski definition) is 0. The van der Waals surface area contributed by atoms with Gasteiger partial charge in [-0.1, -0.05) is 0 Å². The van der Waals surface area contributed by atoms with Gasteiger partial charge in [-0.2, -0.15) is 0 Å². The van der Waals surface area contributed by atoms with Crippen molar-refractivity contribution in [2.45, 2.75) is 47.1 Å². The SMILES string of the molecule is CCOC(=O)N(CC)CCC[Si](OCC)(OCC)OCC. The Bertz CT molecular complexity index is 261. The number of carbonyl (C=O) groups excluding carboxylic acids is 1. The van der Waals surface area contributed by atoms with Crippen LogP contribution in [0.3, 0.4) is 0 Å². The van der Waals surface area contributed by atoms with E-state index in [4.69, 9.17) is 18.0 Å². The molecule has 0 unspecified atom stereocenters. The summed E-state index contributed by atoms with van der Waals surface area (Å²) in [6.45, 7) is 12.9. The molecule has 0 N–H and O–H groups in total. The van der Waals surface area contributed by atoms with Crippen LogP contribution in [0.2, 0.25) is 6.04 Å². The molecule has 0 atom stereocenters. The molecule has 0 aliphatic carbocycles. The molecule has 126 valence electrons. The maximum Gasteiger partial charge on any atom is 0.500 e. The van der Waals surface area contributed by atoms with Gasteiger partial charge in [-0.05, 0) is 41.0 Å². The van der Waals surface area contributed by atoms with Gasteiger partial charge in [0.1, 0.15) is 0 Å². The zero-order chi connectivity index (χ0) is 16.1. The molecular weight excluding hydrogens is 290 g/mol. The molecule has 7 heteroatoms. The van der Waals surface area contributed by atoms with Crippen LogP contribution in [-0.2, 0) is 18.0 Å². The zero-order valence-electron chi connectivity index (χ0n) is 14.1. The molecule has 0 aromatic carbocycles. The Hall–Kier alpha value is -0.633. The summed E-state index contributed by atoms with van der Waals surface area (Å²) >= 11 is 0. The standard InChI is InChI=1S/C14H31NO5Si/c1-6-15(14(16)17-7-2)12-11-13-21(18-8-3,19-9-4)20-10-5/h6-13H2,1-5H3. The molecule has 21 heavy (non-hydrogen) atoms. The van der Waals surface area contributed by atoms with Crippen LogP contribution in [0.25, 0.3) is 0 Å². The van der Waals surface area contributed by atoms with E-state index in [-0.39, 0.29) is 6.09 Å². The van der Waals surface area contributed by atoms with Crippen molar-refractivity contribution in [3.8, 4) is 0 Å². The van der Waals surface area contributed by atoms with E-state index >= 15 is 0 Å². The van der Waals surface area contributed by atoms with E-state index < -0.39 is 8.80 Å². The highest BCUT2D eigenvalue weighted by Crippen LogP contribution is 2.18. The molecule has 0 fully saturated rings. The average molecular weight is 321 g/mol. The minimum atomic E-state index is -2.61. The lowest BCUT2D eigenvalue weighted by atomic mass is 10.4. The van der Waals surface area contributed by atoms with Crippen LogP contribution in [-0.4, -0.2) is 59.3 Å². The number of ether oxygens (including phenoxy) is 1. The number of amides is 1. The lowest BCUT2D eigenvalue weighted by Gasteiger charge is -2.29. The lowest BCUT2D eigenvalue weighted by molar-refractivity contribution is 0.0689. The van der Waals surface area contributed by atoms with Gasteiger partial charge >= 0.3 is 14.9 Å². The molecule has 0 saturated heterocycles. The van der Waals surface area contributed by atoms with Crippen molar-refractivity contribution < 1.29 is 22.8 Å². The molecule has 0 heterocycles. The third kappa shape index (κ3) is 7.80. The van der Waals surface area contributed by atoms with E-state index in [0.717, 1.165) is 6.42 Å². The van der Waals surface area contributed by atoms with Gasteiger partial charge in [0.15, 0.2) is 0 Å². The molecule has 0 bridgehead atoms. The Morgan fingerprint density at radius 1 is 0.905 bits per heavy atom. The van der Waals surface area contributed by atoms with Crippen LogP contribution in [0.5, 0.6) is 0 Å². The van der Waals surface area contributed by atoms with Crippen LogP contribution in [0.4, 0.5) is 4.79 Å². The van der Waals surface area contributed by atoms with E-state index in [0.29, 0.717) is 45.6 Å². The lowest BCUT2D eigenvalue weighted by Crippen LogP contribution is -2.46. The number of hydrogen-bond acceptors (Lipinski definition) is 5. The minimum Gasteiger partial charge on any atom is -0.450 e. The van der Waals surface area contributed by atoms with Crippen molar-refractivity contribution >= 4 is 14.9 Å². The van der Waals surface area contributed by atoms with Crippen molar-refractivity contribution in [3.63, 3.8) is 0 Å². The van der Waals surface area contributed by atoms with Crippen LogP contribution in [0, 0.1) is 0 Å². The van der Waals surface area contributed by atoms with Gasteiger partial charge in [0.05, 0.1) is 6.61 Å².